The predicted molar refractivity (Wildman–Crippen MR) is 71.0 cm³/mol. The summed E-state index contributed by atoms with van der Waals surface area (Å²) in [5, 5.41) is 9.06. The molecule has 0 bridgehead atoms. The second-order valence-electron chi connectivity index (χ2n) is 4.62. The van der Waals surface area contributed by atoms with Gasteiger partial charge in [-0.2, -0.15) is 0 Å². The van der Waals surface area contributed by atoms with Crippen molar-refractivity contribution in [2.45, 2.75) is 26.8 Å². The molecule has 2 aromatic rings. The molecule has 0 aliphatic rings. The van der Waals surface area contributed by atoms with E-state index in [0.29, 0.717) is 18.5 Å². The summed E-state index contributed by atoms with van der Waals surface area (Å²) < 4.78 is 15.0. The summed E-state index contributed by atoms with van der Waals surface area (Å²) >= 11 is 0. The van der Waals surface area contributed by atoms with Crippen LogP contribution in [0.1, 0.15) is 27.3 Å². The highest BCUT2D eigenvalue weighted by Gasteiger charge is 2.14. The van der Waals surface area contributed by atoms with Gasteiger partial charge in [0.25, 0.3) is 0 Å². The van der Waals surface area contributed by atoms with Crippen LogP contribution < -0.4 is 0 Å². The monoisotopic (exact) mass is 261 g/mol. The van der Waals surface area contributed by atoms with Gasteiger partial charge in [-0.25, -0.2) is 9.18 Å². The van der Waals surface area contributed by atoms with Crippen LogP contribution in [0.3, 0.4) is 0 Å². The quantitative estimate of drug-likeness (QED) is 0.918. The zero-order valence-electron chi connectivity index (χ0n) is 11.0. The lowest BCUT2D eigenvalue weighted by molar-refractivity contribution is 0.0696. The van der Waals surface area contributed by atoms with E-state index in [1.165, 1.54) is 12.1 Å². The summed E-state index contributed by atoms with van der Waals surface area (Å²) in [4.78, 5) is 11.0. The van der Waals surface area contributed by atoms with Crippen LogP contribution in [0, 0.1) is 19.7 Å². The first-order valence-electron chi connectivity index (χ1n) is 6.13. The highest BCUT2D eigenvalue weighted by Crippen LogP contribution is 2.16. The van der Waals surface area contributed by atoms with Crippen LogP contribution in [0.2, 0.25) is 0 Å². The van der Waals surface area contributed by atoms with Crippen LogP contribution in [0.25, 0.3) is 0 Å². The van der Waals surface area contributed by atoms with Crippen LogP contribution in [0.15, 0.2) is 30.3 Å². The van der Waals surface area contributed by atoms with Crippen molar-refractivity contribution >= 4 is 5.97 Å². The lowest BCUT2D eigenvalue weighted by Gasteiger charge is -2.09. The van der Waals surface area contributed by atoms with Crippen molar-refractivity contribution in [3.63, 3.8) is 0 Å². The first-order valence-corrected chi connectivity index (χ1v) is 6.13. The number of aromatic nitrogens is 1. The van der Waals surface area contributed by atoms with E-state index < -0.39 is 5.97 Å². The number of halogens is 1. The lowest BCUT2D eigenvalue weighted by atomic mass is 10.1. The minimum absolute atomic E-state index is 0.246. The van der Waals surface area contributed by atoms with Gasteiger partial charge in [0, 0.05) is 17.9 Å². The normalized spacial score (nSPS) is 10.7. The maximum Gasteiger partial charge on any atom is 0.337 e. The van der Waals surface area contributed by atoms with Crippen molar-refractivity contribution in [1.29, 1.82) is 0 Å². The van der Waals surface area contributed by atoms with E-state index in [1.54, 1.807) is 19.1 Å². The molecule has 0 unspecified atom stereocenters. The highest BCUT2D eigenvalue weighted by atomic mass is 19.1. The summed E-state index contributed by atoms with van der Waals surface area (Å²) in [7, 11) is 0. The summed E-state index contributed by atoms with van der Waals surface area (Å²) in [5.41, 5.74) is 2.88. The fourth-order valence-corrected chi connectivity index (χ4v) is 2.30. The Kier molecular flexibility index (Phi) is 3.69. The predicted octanol–water partition coefficient (Wildman–Crippen LogP) is 3.18. The molecule has 1 heterocycles. The molecule has 0 spiro atoms. The third kappa shape index (κ3) is 2.84. The van der Waals surface area contributed by atoms with Crippen molar-refractivity contribution < 1.29 is 14.3 Å². The molecule has 0 saturated carbocycles. The van der Waals surface area contributed by atoms with Crippen molar-refractivity contribution in [3.8, 4) is 0 Å². The Bertz CT molecular complexity index is 617. The average Bonchev–Trinajstić information content (AvgIpc) is 2.63. The second kappa shape index (κ2) is 5.26. The number of aryl methyl sites for hydroxylation is 2. The zero-order valence-corrected chi connectivity index (χ0v) is 11.0. The second-order valence-corrected chi connectivity index (χ2v) is 4.62. The fourth-order valence-electron chi connectivity index (χ4n) is 2.30. The summed E-state index contributed by atoms with van der Waals surface area (Å²) in [6.07, 6.45) is 0.674. The Labute approximate surface area is 111 Å². The van der Waals surface area contributed by atoms with Crippen LogP contribution in [-0.4, -0.2) is 15.6 Å². The van der Waals surface area contributed by atoms with E-state index in [-0.39, 0.29) is 5.82 Å². The zero-order chi connectivity index (χ0) is 14.0. The molecule has 4 heteroatoms. The molecule has 0 atom stereocenters. The topological polar surface area (TPSA) is 42.2 Å². The van der Waals surface area contributed by atoms with E-state index in [0.717, 1.165) is 17.0 Å². The molecule has 3 nitrogen and oxygen atoms in total. The molecule has 0 saturated heterocycles. The molecule has 0 fully saturated rings. The van der Waals surface area contributed by atoms with Crippen molar-refractivity contribution in [2.24, 2.45) is 0 Å². The molecule has 2 rings (SSSR count). The number of aromatic carboxylic acids is 1. The van der Waals surface area contributed by atoms with Crippen molar-refractivity contribution in [1.82, 2.24) is 4.57 Å². The number of hydrogen-bond donors (Lipinski definition) is 1. The third-order valence-corrected chi connectivity index (χ3v) is 3.32. The van der Waals surface area contributed by atoms with Gasteiger partial charge in [-0.3, -0.25) is 0 Å². The summed E-state index contributed by atoms with van der Waals surface area (Å²) in [6.45, 7) is 4.32. The minimum Gasteiger partial charge on any atom is -0.478 e. The number of rotatable bonds is 4. The molecule has 0 aliphatic heterocycles. The van der Waals surface area contributed by atoms with E-state index >= 15 is 0 Å². The SMILES string of the molecule is Cc1cc(C(=O)O)c(C)n1CCc1cccc(F)c1. The van der Waals surface area contributed by atoms with Crippen molar-refractivity contribution in [3.05, 3.63) is 58.7 Å². The van der Waals surface area contributed by atoms with Gasteiger partial charge in [0.1, 0.15) is 5.82 Å². The molecule has 0 aliphatic carbocycles. The lowest BCUT2D eigenvalue weighted by Crippen LogP contribution is -2.07. The van der Waals surface area contributed by atoms with Gasteiger partial charge < -0.3 is 9.67 Å². The highest BCUT2D eigenvalue weighted by molar-refractivity contribution is 5.89. The van der Waals surface area contributed by atoms with Gasteiger partial charge >= 0.3 is 5.97 Å². The molecule has 1 N–H and O–H groups in total. The Morgan fingerprint density at radius 2 is 2.05 bits per heavy atom. The van der Waals surface area contributed by atoms with Gasteiger partial charge in [-0.05, 0) is 44.0 Å². The number of carboxylic acid groups (broad SMARTS) is 1. The van der Waals surface area contributed by atoms with Crippen LogP contribution >= 0.6 is 0 Å². The van der Waals surface area contributed by atoms with Crippen molar-refractivity contribution in [2.75, 3.05) is 0 Å². The van der Waals surface area contributed by atoms with Gasteiger partial charge in [-0.1, -0.05) is 12.1 Å². The molecule has 19 heavy (non-hydrogen) atoms. The Balaban J connectivity index is 2.18. The number of carbonyl (C=O) groups is 1. The van der Waals surface area contributed by atoms with Crippen LogP contribution in [0.5, 0.6) is 0 Å². The van der Waals surface area contributed by atoms with Gasteiger partial charge in [-0.15, -0.1) is 0 Å². The van der Waals surface area contributed by atoms with E-state index in [4.69, 9.17) is 5.11 Å². The molecule has 1 aromatic heterocycles. The smallest absolute Gasteiger partial charge is 0.337 e. The summed E-state index contributed by atoms with van der Waals surface area (Å²) in [5.74, 6) is -1.16. The Morgan fingerprint density at radius 3 is 2.63 bits per heavy atom. The number of benzene rings is 1. The van der Waals surface area contributed by atoms with E-state index in [2.05, 4.69) is 0 Å². The minimum atomic E-state index is -0.912. The van der Waals surface area contributed by atoms with Gasteiger partial charge in [0.2, 0.25) is 0 Å². The molecule has 1 aromatic carbocycles. The van der Waals surface area contributed by atoms with Gasteiger partial charge in [0.15, 0.2) is 0 Å². The molecular weight excluding hydrogens is 245 g/mol. The first kappa shape index (κ1) is 13.3. The number of hydrogen-bond acceptors (Lipinski definition) is 1. The van der Waals surface area contributed by atoms with E-state index in [9.17, 15) is 9.18 Å². The number of nitrogens with zero attached hydrogens (tertiary/aromatic N) is 1. The molecule has 0 radical (unpaired) electrons. The Morgan fingerprint density at radius 1 is 1.32 bits per heavy atom. The first-order chi connectivity index (χ1) is 8.99. The standard InChI is InChI=1S/C15H16FNO2/c1-10-8-14(15(18)19)11(2)17(10)7-6-12-4-3-5-13(16)9-12/h3-5,8-9H,6-7H2,1-2H3,(H,18,19). The van der Waals surface area contributed by atoms with E-state index in [1.807, 2.05) is 17.6 Å². The summed E-state index contributed by atoms with van der Waals surface area (Å²) in [6, 6.07) is 8.14. The molecule has 0 amide bonds. The van der Waals surface area contributed by atoms with Crippen LogP contribution in [0.4, 0.5) is 4.39 Å². The van der Waals surface area contributed by atoms with Gasteiger partial charge in [0.05, 0.1) is 5.56 Å². The molecular formula is C15H16FNO2. The largest absolute Gasteiger partial charge is 0.478 e. The number of carboxylic acids is 1. The Hall–Kier alpha value is -2.10. The maximum atomic E-state index is 13.1. The van der Waals surface area contributed by atoms with Crippen LogP contribution in [-0.2, 0) is 13.0 Å². The third-order valence-electron chi connectivity index (χ3n) is 3.32. The average molecular weight is 261 g/mol. The maximum absolute atomic E-state index is 13.1. The molecule has 100 valence electrons. The fraction of sp³-hybridized carbons (Fsp3) is 0.267.